The van der Waals surface area contributed by atoms with Crippen molar-refractivity contribution < 1.29 is 4.74 Å². The average molecular weight is 263 g/mol. The molecule has 0 aliphatic carbocycles. The van der Waals surface area contributed by atoms with Gasteiger partial charge in [0.1, 0.15) is 5.75 Å². The van der Waals surface area contributed by atoms with Crippen LogP contribution in [-0.2, 0) is 5.41 Å². The smallest absolute Gasteiger partial charge is 0.119 e. The zero-order chi connectivity index (χ0) is 14.1. The first-order valence-corrected chi connectivity index (χ1v) is 7.48. The van der Waals surface area contributed by atoms with Crippen LogP contribution in [-0.4, -0.2) is 19.7 Å². The van der Waals surface area contributed by atoms with Crippen molar-refractivity contribution in [3.63, 3.8) is 0 Å². The molecule has 2 heteroatoms. The molecule has 1 N–H and O–H groups in total. The summed E-state index contributed by atoms with van der Waals surface area (Å²) in [4.78, 5) is 0. The van der Waals surface area contributed by atoms with Crippen LogP contribution >= 0.6 is 0 Å². The van der Waals surface area contributed by atoms with E-state index in [-0.39, 0.29) is 5.41 Å². The van der Waals surface area contributed by atoms with Gasteiger partial charge in [-0.3, -0.25) is 0 Å². The highest BCUT2D eigenvalue weighted by Gasteiger charge is 2.13. The monoisotopic (exact) mass is 263 g/mol. The molecule has 1 rings (SSSR count). The number of hydrogen-bond donors (Lipinski definition) is 1. The van der Waals surface area contributed by atoms with E-state index in [4.69, 9.17) is 4.74 Å². The van der Waals surface area contributed by atoms with Gasteiger partial charge in [-0.15, -0.1) is 0 Å². The molecule has 0 heterocycles. The number of unbranched alkanes of at least 4 members (excludes halogenated alkanes) is 1. The van der Waals surface area contributed by atoms with Gasteiger partial charge in [-0.2, -0.15) is 0 Å². The SMILES string of the molecule is CCCNCCCCOc1cccc(C(C)(C)C)c1. The van der Waals surface area contributed by atoms with Crippen molar-refractivity contribution in [3.8, 4) is 5.75 Å². The van der Waals surface area contributed by atoms with Crippen molar-refractivity contribution in [1.29, 1.82) is 0 Å². The van der Waals surface area contributed by atoms with Gasteiger partial charge in [-0.1, -0.05) is 39.8 Å². The summed E-state index contributed by atoms with van der Waals surface area (Å²) in [6.45, 7) is 11.9. The lowest BCUT2D eigenvalue weighted by Gasteiger charge is -2.19. The fourth-order valence-electron chi connectivity index (χ4n) is 1.90. The van der Waals surface area contributed by atoms with Gasteiger partial charge in [0, 0.05) is 0 Å². The first-order valence-electron chi connectivity index (χ1n) is 7.48. The lowest BCUT2D eigenvalue weighted by molar-refractivity contribution is 0.305. The van der Waals surface area contributed by atoms with Crippen molar-refractivity contribution in [2.24, 2.45) is 0 Å². The second kappa shape index (κ2) is 8.21. The highest BCUT2D eigenvalue weighted by atomic mass is 16.5. The zero-order valence-corrected chi connectivity index (χ0v) is 13.0. The second-order valence-corrected chi connectivity index (χ2v) is 6.08. The highest BCUT2D eigenvalue weighted by Crippen LogP contribution is 2.25. The van der Waals surface area contributed by atoms with Crippen molar-refractivity contribution in [3.05, 3.63) is 29.8 Å². The molecule has 0 bridgehead atoms. The summed E-state index contributed by atoms with van der Waals surface area (Å²) in [5, 5.41) is 3.41. The first-order chi connectivity index (χ1) is 9.04. The van der Waals surface area contributed by atoms with Gasteiger partial charge in [0.25, 0.3) is 0 Å². The molecule has 0 aromatic heterocycles. The van der Waals surface area contributed by atoms with Gasteiger partial charge in [-0.05, 0) is 55.5 Å². The van der Waals surface area contributed by atoms with Crippen LogP contribution in [0, 0.1) is 0 Å². The number of rotatable bonds is 8. The molecule has 0 spiro atoms. The normalized spacial score (nSPS) is 11.6. The molecular weight excluding hydrogens is 234 g/mol. The number of ether oxygens (including phenoxy) is 1. The highest BCUT2D eigenvalue weighted by molar-refractivity contribution is 5.32. The molecule has 0 fully saturated rings. The standard InChI is InChI=1S/C17H29NO/c1-5-11-18-12-6-7-13-19-16-10-8-9-15(14-16)17(2,3)4/h8-10,14,18H,5-7,11-13H2,1-4H3. The average Bonchev–Trinajstić information content (AvgIpc) is 2.37. The summed E-state index contributed by atoms with van der Waals surface area (Å²) < 4.78 is 5.82. The van der Waals surface area contributed by atoms with Crippen molar-refractivity contribution in [2.45, 2.75) is 52.4 Å². The molecule has 2 nitrogen and oxygen atoms in total. The molecule has 108 valence electrons. The molecule has 0 atom stereocenters. The third kappa shape index (κ3) is 6.63. The number of nitrogens with one attached hydrogen (secondary N) is 1. The molecule has 0 saturated carbocycles. The van der Waals surface area contributed by atoms with E-state index in [0.717, 1.165) is 31.9 Å². The van der Waals surface area contributed by atoms with Crippen LogP contribution in [0.5, 0.6) is 5.75 Å². The largest absolute Gasteiger partial charge is 0.494 e. The molecular formula is C17H29NO. The van der Waals surface area contributed by atoms with E-state index in [9.17, 15) is 0 Å². The van der Waals surface area contributed by atoms with Crippen LogP contribution in [0.2, 0.25) is 0 Å². The van der Waals surface area contributed by atoms with Crippen LogP contribution in [0.4, 0.5) is 0 Å². The van der Waals surface area contributed by atoms with Crippen LogP contribution < -0.4 is 10.1 Å². The van der Waals surface area contributed by atoms with Crippen molar-refractivity contribution in [1.82, 2.24) is 5.32 Å². The molecule has 1 aromatic carbocycles. The second-order valence-electron chi connectivity index (χ2n) is 6.08. The Morgan fingerprint density at radius 3 is 2.58 bits per heavy atom. The summed E-state index contributed by atoms with van der Waals surface area (Å²) in [6.07, 6.45) is 3.49. The Bertz CT molecular complexity index is 355. The predicted molar refractivity (Wildman–Crippen MR) is 83.0 cm³/mol. The molecule has 1 aromatic rings. The van der Waals surface area contributed by atoms with Crippen LogP contribution in [0.3, 0.4) is 0 Å². The van der Waals surface area contributed by atoms with E-state index in [1.165, 1.54) is 18.4 Å². The van der Waals surface area contributed by atoms with E-state index in [2.05, 4.69) is 51.2 Å². The maximum atomic E-state index is 5.82. The Balaban J connectivity index is 2.26. The third-order valence-corrected chi connectivity index (χ3v) is 3.14. The van der Waals surface area contributed by atoms with Crippen molar-refractivity contribution in [2.75, 3.05) is 19.7 Å². The summed E-state index contributed by atoms with van der Waals surface area (Å²) in [6, 6.07) is 8.46. The summed E-state index contributed by atoms with van der Waals surface area (Å²) >= 11 is 0. The molecule has 0 aliphatic rings. The molecule has 0 unspecified atom stereocenters. The minimum absolute atomic E-state index is 0.184. The lowest BCUT2D eigenvalue weighted by Crippen LogP contribution is -2.16. The maximum absolute atomic E-state index is 5.82. The Kier molecular flexibility index (Phi) is 6.93. The Morgan fingerprint density at radius 2 is 1.89 bits per heavy atom. The fourth-order valence-corrected chi connectivity index (χ4v) is 1.90. The molecule has 0 aliphatic heterocycles. The third-order valence-electron chi connectivity index (χ3n) is 3.14. The lowest BCUT2D eigenvalue weighted by atomic mass is 9.87. The molecule has 0 saturated heterocycles. The summed E-state index contributed by atoms with van der Waals surface area (Å²) in [5.41, 5.74) is 1.51. The summed E-state index contributed by atoms with van der Waals surface area (Å²) in [5.74, 6) is 0.994. The number of benzene rings is 1. The molecule has 0 amide bonds. The van der Waals surface area contributed by atoms with E-state index >= 15 is 0 Å². The van der Waals surface area contributed by atoms with Gasteiger partial charge in [0.2, 0.25) is 0 Å². The number of hydrogen-bond acceptors (Lipinski definition) is 2. The zero-order valence-electron chi connectivity index (χ0n) is 13.0. The Hall–Kier alpha value is -1.02. The van der Waals surface area contributed by atoms with E-state index in [0.29, 0.717) is 0 Å². The quantitative estimate of drug-likeness (QED) is 0.712. The van der Waals surface area contributed by atoms with Gasteiger partial charge in [0.05, 0.1) is 6.61 Å². The topological polar surface area (TPSA) is 21.3 Å². The van der Waals surface area contributed by atoms with Gasteiger partial charge >= 0.3 is 0 Å². The van der Waals surface area contributed by atoms with Crippen molar-refractivity contribution >= 4 is 0 Å². The predicted octanol–water partition coefficient (Wildman–Crippen LogP) is 4.14. The van der Waals surface area contributed by atoms with Crippen LogP contribution in [0.1, 0.15) is 52.5 Å². The van der Waals surface area contributed by atoms with E-state index in [1.807, 2.05) is 6.07 Å². The van der Waals surface area contributed by atoms with Gasteiger partial charge < -0.3 is 10.1 Å². The molecule has 0 radical (unpaired) electrons. The van der Waals surface area contributed by atoms with Gasteiger partial charge in [-0.25, -0.2) is 0 Å². The van der Waals surface area contributed by atoms with Crippen LogP contribution in [0.15, 0.2) is 24.3 Å². The minimum atomic E-state index is 0.184. The Morgan fingerprint density at radius 1 is 1.11 bits per heavy atom. The summed E-state index contributed by atoms with van der Waals surface area (Å²) in [7, 11) is 0. The van der Waals surface area contributed by atoms with E-state index in [1.54, 1.807) is 0 Å². The van der Waals surface area contributed by atoms with E-state index < -0.39 is 0 Å². The van der Waals surface area contributed by atoms with Gasteiger partial charge in [0.15, 0.2) is 0 Å². The molecule has 19 heavy (non-hydrogen) atoms. The van der Waals surface area contributed by atoms with Crippen LogP contribution in [0.25, 0.3) is 0 Å². The fraction of sp³-hybridized carbons (Fsp3) is 0.647. The maximum Gasteiger partial charge on any atom is 0.119 e. The first kappa shape index (κ1) is 16.0. The Labute approximate surface area is 118 Å². The minimum Gasteiger partial charge on any atom is -0.494 e.